The summed E-state index contributed by atoms with van der Waals surface area (Å²) in [6, 6.07) is 18.4. The number of carboxylic acids is 1. The van der Waals surface area contributed by atoms with Crippen molar-refractivity contribution in [2.45, 2.75) is 39.5 Å². The van der Waals surface area contributed by atoms with Gasteiger partial charge in [0.25, 0.3) is 0 Å². The Bertz CT molecular complexity index is 2610. The number of rotatable bonds is 5. The zero-order valence-corrected chi connectivity index (χ0v) is 31.8. The van der Waals surface area contributed by atoms with Crippen molar-refractivity contribution in [1.82, 2.24) is 9.78 Å². The van der Waals surface area contributed by atoms with Gasteiger partial charge < -0.3 is 10.2 Å². The first-order valence-corrected chi connectivity index (χ1v) is 19.2. The lowest BCUT2D eigenvalue weighted by Gasteiger charge is -2.49. The molecule has 2 aliphatic heterocycles. The van der Waals surface area contributed by atoms with Gasteiger partial charge in [0.2, 0.25) is 23.6 Å². The van der Waals surface area contributed by atoms with Crippen LogP contribution in [0.1, 0.15) is 52.7 Å². The molecule has 6 unspecified atom stereocenters. The third-order valence-electron chi connectivity index (χ3n) is 12.4. The van der Waals surface area contributed by atoms with Crippen LogP contribution in [0.3, 0.4) is 0 Å². The molecule has 2 aliphatic carbocycles. The number of fused-ring (bicyclic) bond motifs is 5. The van der Waals surface area contributed by atoms with E-state index in [1.54, 1.807) is 54.3 Å². The molecule has 0 radical (unpaired) electrons. The van der Waals surface area contributed by atoms with Crippen LogP contribution in [0.15, 0.2) is 78.4 Å². The highest BCUT2D eigenvalue weighted by Gasteiger charge is 2.68. The topological polar surface area (TPSA) is 150 Å². The summed E-state index contributed by atoms with van der Waals surface area (Å²) in [4.78, 5) is 73.4. The van der Waals surface area contributed by atoms with Crippen molar-refractivity contribution in [3.63, 3.8) is 0 Å². The fourth-order valence-electron chi connectivity index (χ4n) is 9.72. The quantitative estimate of drug-likeness (QED) is 0.139. The zero-order chi connectivity index (χ0) is 38.8. The average Bonchev–Trinajstić information content (AvgIpc) is 3.83. The fraction of sp³-hybridized carbons (Fsp3) is 0.286. The van der Waals surface area contributed by atoms with Crippen LogP contribution in [0, 0.1) is 42.9 Å². The van der Waals surface area contributed by atoms with Crippen molar-refractivity contribution in [3.8, 4) is 16.3 Å². The molecular weight excluding hydrogens is 740 g/mol. The molecule has 4 amide bonds. The molecule has 2 N–H and O–H groups in total. The summed E-state index contributed by atoms with van der Waals surface area (Å²) in [5.41, 5.74) is 2.55. The van der Waals surface area contributed by atoms with Gasteiger partial charge in [0, 0.05) is 28.8 Å². The van der Waals surface area contributed by atoms with Gasteiger partial charge in [-0.3, -0.25) is 28.8 Å². The second-order valence-corrected chi connectivity index (χ2v) is 16.8. The number of aromatic nitrogens is 2. The first-order chi connectivity index (χ1) is 26.2. The second-order valence-electron chi connectivity index (χ2n) is 15.3. The maximum absolute atomic E-state index is 15.1. The van der Waals surface area contributed by atoms with E-state index in [0.29, 0.717) is 27.7 Å². The Balaban J connectivity index is 1.15. The number of aryl methyl sites for hydroxylation is 3. The van der Waals surface area contributed by atoms with Crippen LogP contribution in [-0.2, 0) is 26.2 Å². The van der Waals surface area contributed by atoms with Crippen LogP contribution in [0.2, 0.25) is 5.02 Å². The molecule has 6 atom stereocenters. The van der Waals surface area contributed by atoms with Crippen molar-refractivity contribution >= 4 is 74.1 Å². The summed E-state index contributed by atoms with van der Waals surface area (Å²) in [5, 5.41) is 26.5. The van der Waals surface area contributed by atoms with Crippen molar-refractivity contribution < 1.29 is 34.2 Å². The van der Waals surface area contributed by atoms with Crippen LogP contribution in [0.5, 0.6) is 5.75 Å². The van der Waals surface area contributed by atoms with Gasteiger partial charge in [-0.1, -0.05) is 41.4 Å². The summed E-state index contributed by atoms with van der Waals surface area (Å²) in [5.74, 6) is -6.08. The molecule has 0 bridgehead atoms. The Morgan fingerprint density at radius 3 is 2.47 bits per heavy atom. The van der Waals surface area contributed by atoms with Gasteiger partial charge in [-0.05, 0) is 104 Å². The number of aromatic carboxylic acids is 1. The molecule has 278 valence electrons. The highest BCUT2D eigenvalue weighted by Crippen LogP contribution is 2.64. The maximum atomic E-state index is 15.1. The van der Waals surface area contributed by atoms with E-state index >= 15 is 4.79 Å². The van der Waals surface area contributed by atoms with E-state index in [-0.39, 0.29) is 29.8 Å². The van der Waals surface area contributed by atoms with Gasteiger partial charge in [0.05, 0.1) is 39.3 Å². The lowest BCUT2D eigenvalue weighted by molar-refractivity contribution is -0.131. The Kier molecular flexibility index (Phi) is 7.80. The Morgan fingerprint density at radius 1 is 0.945 bits per heavy atom. The molecule has 13 heteroatoms. The number of allylic oxidation sites excluding steroid dienone is 2. The van der Waals surface area contributed by atoms with Gasteiger partial charge >= 0.3 is 5.97 Å². The normalized spacial score (nSPS) is 26.1. The Morgan fingerprint density at radius 2 is 1.73 bits per heavy atom. The molecule has 2 aromatic heterocycles. The predicted molar refractivity (Wildman–Crippen MR) is 207 cm³/mol. The van der Waals surface area contributed by atoms with Crippen LogP contribution in [-0.4, -0.2) is 49.6 Å². The number of thiophene rings is 1. The van der Waals surface area contributed by atoms with Gasteiger partial charge in [0.1, 0.15) is 17.3 Å². The number of carbonyl (C=O) groups is 5. The van der Waals surface area contributed by atoms with Crippen LogP contribution in [0.4, 0.5) is 11.5 Å². The number of benzene rings is 3. The van der Waals surface area contributed by atoms with E-state index in [1.807, 2.05) is 44.2 Å². The molecule has 11 nitrogen and oxygen atoms in total. The summed E-state index contributed by atoms with van der Waals surface area (Å²) in [6.45, 7) is 5.57. The van der Waals surface area contributed by atoms with Crippen LogP contribution >= 0.6 is 22.9 Å². The highest BCUT2D eigenvalue weighted by molar-refractivity contribution is 7.22. The number of imide groups is 2. The Hall–Kier alpha value is -5.59. The molecule has 5 aromatic rings. The first kappa shape index (κ1) is 35.1. The number of carboxylic acid groups (broad SMARTS) is 1. The van der Waals surface area contributed by atoms with Gasteiger partial charge in [-0.15, -0.1) is 11.3 Å². The minimum Gasteiger partial charge on any atom is -0.508 e. The van der Waals surface area contributed by atoms with E-state index in [9.17, 15) is 29.4 Å². The first-order valence-electron chi connectivity index (χ1n) is 18.0. The number of amides is 4. The molecule has 4 aliphatic rings. The standard InChI is InChI=1S/C42H35ClN4O7S/c1-19-14-21(8-12-31(19)48)35-25-10-11-26-34(39(51)46(37(26)49)24-7-5-6-22(15-24)40(52)53)28(25)17-29-38(50)47(41(54)42(29,35)3)33-18-30(44-45(33)4)36-20(2)27-16-23(43)9-13-32(27)55-36/h5-10,12-16,18,26,28-29,34-35,48H,11,17H2,1-4H3,(H,52,53). The number of aromatic hydroxyl groups is 1. The minimum atomic E-state index is -1.29. The number of nitrogens with zero attached hydrogens (tertiary/aromatic N) is 4. The largest absolute Gasteiger partial charge is 0.508 e. The summed E-state index contributed by atoms with van der Waals surface area (Å²) in [7, 11) is 1.70. The zero-order valence-electron chi connectivity index (χ0n) is 30.2. The molecule has 4 heterocycles. The van der Waals surface area contributed by atoms with Crippen molar-refractivity contribution in [2.75, 3.05) is 9.80 Å². The van der Waals surface area contributed by atoms with Gasteiger partial charge in [-0.25, -0.2) is 9.69 Å². The van der Waals surface area contributed by atoms with E-state index in [4.69, 9.17) is 16.7 Å². The molecule has 0 spiro atoms. The number of halogens is 1. The third-order valence-corrected chi connectivity index (χ3v) is 13.9. The molecule has 2 saturated heterocycles. The number of anilines is 2. The molecule has 55 heavy (non-hydrogen) atoms. The molecule has 9 rings (SSSR count). The van der Waals surface area contributed by atoms with E-state index in [0.717, 1.165) is 31.0 Å². The average molecular weight is 775 g/mol. The van der Waals surface area contributed by atoms with Crippen molar-refractivity contribution in [1.29, 1.82) is 0 Å². The number of hydrogen-bond donors (Lipinski definition) is 2. The van der Waals surface area contributed by atoms with Gasteiger partial charge in [0.15, 0.2) is 0 Å². The van der Waals surface area contributed by atoms with Crippen molar-refractivity contribution in [2.24, 2.45) is 36.1 Å². The number of hydrogen-bond acceptors (Lipinski definition) is 8. The lowest BCUT2D eigenvalue weighted by atomic mass is 9.51. The number of phenols is 1. The predicted octanol–water partition coefficient (Wildman–Crippen LogP) is 7.41. The minimum absolute atomic E-state index is 0.0524. The number of phenolic OH excluding ortho intramolecular Hbond substituents is 1. The van der Waals surface area contributed by atoms with Crippen LogP contribution in [0.25, 0.3) is 20.7 Å². The monoisotopic (exact) mass is 774 g/mol. The maximum Gasteiger partial charge on any atom is 0.335 e. The lowest BCUT2D eigenvalue weighted by Crippen LogP contribution is -2.49. The molecular formula is C42H35ClN4O7S. The van der Waals surface area contributed by atoms with Crippen LogP contribution < -0.4 is 9.80 Å². The summed E-state index contributed by atoms with van der Waals surface area (Å²) in [6.07, 6.45) is 2.35. The van der Waals surface area contributed by atoms with Gasteiger partial charge in [-0.2, -0.15) is 5.10 Å². The number of carbonyl (C=O) groups excluding carboxylic acids is 4. The van der Waals surface area contributed by atoms with E-state index < -0.39 is 64.6 Å². The summed E-state index contributed by atoms with van der Waals surface area (Å²) < 4.78 is 2.58. The highest BCUT2D eigenvalue weighted by atomic mass is 35.5. The Labute approximate surface area is 324 Å². The smallest absolute Gasteiger partial charge is 0.335 e. The summed E-state index contributed by atoms with van der Waals surface area (Å²) >= 11 is 7.86. The fourth-order valence-corrected chi connectivity index (χ4v) is 11.0. The van der Waals surface area contributed by atoms with E-state index in [2.05, 4.69) is 0 Å². The molecule has 3 aromatic carbocycles. The molecule has 3 fully saturated rings. The second kappa shape index (κ2) is 12.2. The molecule has 1 saturated carbocycles. The van der Waals surface area contributed by atoms with Crippen molar-refractivity contribution in [3.05, 3.63) is 106 Å². The third kappa shape index (κ3) is 4.93. The van der Waals surface area contributed by atoms with E-state index in [1.165, 1.54) is 23.1 Å². The SMILES string of the molecule is Cc1cc(C2C3=CCC4C(=O)N(c5cccc(C(=O)O)c5)C(=O)C4C3CC3C(=O)N(c4cc(-c5sc6ccc(Cl)cc6c5C)nn4C)C(=O)C32C)ccc1O.